The highest BCUT2D eigenvalue weighted by atomic mass is 16.3. The number of nitrogens with two attached hydrogens (primary N) is 1. The highest BCUT2D eigenvalue weighted by molar-refractivity contribution is 6.24. The van der Waals surface area contributed by atoms with Crippen molar-refractivity contribution in [3.05, 3.63) is 76.3 Å². The first kappa shape index (κ1) is 23.8. The van der Waals surface area contributed by atoms with Crippen LogP contribution < -0.4 is 5.73 Å². The molecule has 0 fully saturated rings. The molecular weight excluding hydrogens is 464 g/mol. The number of amides is 1. The van der Waals surface area contributed by atoms with Gasteiger partial charge in [-0.3, -0.25) is 19.3 Å². The first-order valence-corrected chi connectivity index (χ1v) is 11.5. The Bertz CT molecular complexity index is 1390. The molecule has 9 nitrogen and oxygen atoms in total. The Labute approximate surface area is 206 Å². The molecule has 9 heteroatoms. The number of primary amides is 1. The van der Waals surface area contributed by atoms with E-state index >= 15 is 0 Å². The predicted molar refractivity (Wildman–Crippen MR) is 129 cm³/mol. The highest BCUT2D eigenvalue weighted by Gasteiger charge is 2.63. The van der Waals surface area contributed by atoms with Gasteiger partial charge in [-0.05, 0) is 55.6 Å². The summed E-state index contributed by atoms with van der Waals surface area (Å²) in [4.78, 5) is 40.6. The molecule has 186 valence electrons. The third-order valence-corrected chi connectivity index (χ3v) is 7.69. The average molecular weight is 491 g/mol. The number of fused-ring (bicyclic) bond motifs is 3. The molecule has 36 heavy (non-hydrogen) atoms. The second-order valence-corrected chi connectivity index (χ2v) is 9.81. The molecule has 0 radical (unpaired) electrons. The van der Waals surface area contributed by atoms with Gasteiger partial charge in [0.15, 0.2) is 11.4 Å². The minimum absolute atomic E-state index is 0.00265. The molecule has 0 heterocycles. The van der Waals surface area contributed by atoms with E-state index in [-0.39, 0.29) is 29.7 Å². The second-order valence-electron chi connectivity index (χ2n) is 9.81. The van der Waals surface area contributed by atoms with Crippen molar-refractivity contribution in [1.82, 2.24) is 4.90 Å². The van der Waals surface area contributed by atoms with E-state index in [1.165, 1.54) is 11.0 Å². The Morgan fingerprint density at radius 3 is 2.33 bits per heavy atom. The number of phenolic OH excluding ortho intramolecular Hbond substituents is 1. The zero-order valence-electron chi connectivity index (χ0n) is 19.7. The van der Waals surface area contributed by atoms with Crippen LogP contribution in [-0.4, -0.2) is 68.5 Å². The number of hydrogen-bond donors (Lipinski definition) is 5. The van der Waals surface area contributed by atoms with Gasteiger partial charge in [0.25, 0.3) is 5.91 Å². The maximum Gasteiger partial charge on any atom is 0.255 e. The molecular formula is C27H26N2O7. The SMILES string of the molecule is CN(C)[C@H]1C(O)=C(C(N)=O)C(=O)[C@]2(O)C(O)=C3C(=O)c4c(O)ccc(-c5ccccc5)c4C[C@@H]3C[C@H]12. The number of ketones is 2. The highest BCUT2D eigenvalue weighted by Crippen LogP contribution is 2.53. The third-order valence-electron chi connectivity index (χ3n) is 7.69. The molecule has 5 rings (SSSR count). The first-order valence-electron chi connectivity index (χ1n) is 11.5. The average Bonchev–Trinajstić information content (AvgIpc) is 2.81. The van der Waals surface area contributed by atoms with Crippen LogP contribution >= 0.6 is 0 Å². The van der Waals surface area contributed by atoms with Gasteiger partial charge < -0.3 is 26.2 Å². The van der Waals surface area contributed by atoms with Crippen molar-refractivity contribution >= 4 is 17.5 Å². The van der Waals surface area contributed by atoms with Gasteiger partial charge in [-0.25, -0.2) is 0 Å². The molecule has 0 bridgehead atoms. The Kier molecular flexibility index (Phi) is 5.31. The zero-order chi connectivity index (χ0) is 26.1. The van der Waals surface area contributed by atoms with Gasteiger partial charge in [0, 0.05) is 11.5 Å². The lowest BCUT2D eigenvalue weighted by Crippen LogP contribution is -2.63. The standard InChI is InChI=1S/C27H26N2O7/c1-29(2)21-16-11-13-10-15-14(12-6-4-3-5-7-12)8-9-17(30)19(15)22(31)18(13)24(33)27(16,36)25(34)20(23(21)32)26(28)35/h3-9,13,16,21,30,32-33,36H,10-11H2,1-2H3,(H2,28,35)/t13-,16-,21-,27-/m1/s1. The summed E-state index contributed by atoms with van der Waals surface area (Å²) in [5.41, 5.74) is 3.90. The monoisotopic (exact) mass is 490 g/mol. The van der Waals surface area contributed by atoms with Crippen molar-refractivity contribution < 1.29 is 34.8 Å². The number of carbonyl (C=O) groups is 3. The van der Waals surface area contributed by atoms with Gasteiger partial charge in [-0.1, -0.05) is 36.4 Å². The van der Waals surface area contributed by atoms with Crippen LogP contribution in [0.3, 0.4) is 0 Å². The van der Waals surface area contributed by atoms with Crippen LogP contribution in [0.5, 0.6) is 5.75 Å². The molecule has 4 atom stereocenters. The van der Waals surface area contributed by atoms with E-state index in [0.717, 1.165) is 11.1 Å². The number of carbonyl (C=O) groups excluding carboxylic acids is 3. The molecule has 6 N–H and O–H groups in total. The van der Waals surface area contributed by atoms with Crippen molar-refractivity contribution in [3.8, 4) is 16.9 Å². The van der Waals surface area contributed by atoms with Crippen molar-refractivity contribution in [2.24, 2.45) is 17.6 Å². The third kappa shape index (κ3) is 3.06. The number of likely N-dealkylation sites (N-methyl/N-ethyl adjacent to an activating group) is 1. The largest absolute Gasteiger partial charge is 0.510 e. The summed E-state index contributed by atoms with van der Waals surface area (Å²) in [6.45, 7) is 0. The van der Waals surface area contributed by atoms with Crippen molar-refractivity contribution in [1.29, 1.82) is 0 Å². The number of aromatic hydroxyl groups is 1. The topological polar surface area (TPSA) is 161 Å². The first-order chi connectivity index (χ1) is 17.0. The van der Waals surface area contributed by atoms with Crippen LogP contribution in [0.2, 0.25) is 0 Å². The zero-order valence-corrected chi connectivity index (χ0v) is 19.7. The number of aliphatic hydroxyl groups is 3. The van der Waals surface area contributed by atoms with Gasteiger partial charge in [-0.15, -0.1) is 0 Å². The number of allylic oxidation sites excluding steroid dienone is 1. The molecule has 3 aliphatic rings. The molecule has 1 amide bonds. The Balaban J connectivity index is 1.73. The normalized spacial score (nSPS) is 27.6. The van der Waals surface area contributed by atoms with E-state index in [9.17, 15) is 34.8 Å². The molecule has 0 saturated carbocycles. The second kappa shape index (κ2) is 8.04. The smallest absolute Gasteiger partial charge is 0.255 e. The van der Waals surface area contributed by atoms with E-state index < -0.39 is 58.0 Å². The molecule has 3 aliphatic carbocycles. The number of phenols is 1. The van der Waals surface area contributed by atoms with E-state index in [4.69, 9.17) is 5.73 Å². The minimum Gasteiger partial charge on any atom is -0.510 e. The number of Topliss-reactive ketones (excluding diaryl/α,β-unsaturated/α-hetero) is 2. The minimum atomic E-state index is -2.64. The van der Waals surface area contributed by atoms with Gasteiger partial charge in [0.05, 0.1) is 11.6 Å². The van der Waals surface area contributed by atoms with Crippen LogP contribution in [0.15, 0.2) is 65.1 Å². The summed E-state index contributed by atoms with van der Waals surface area (Å²) < 4.78 is 0. The van der Waals surface area contributed by atoms with Gasteiger partial charge in [0.2, 0.25) is 5.78 Å². The van der Waals surface area contributed by atoms with E-state index in [0.29, 0.717) is 5.56 Å². The van der Waals surface area contributed by atoms with Gasteiger partial charge >= 0.3 is 0 Å². The molecule has 0 spiro atoms. The lowest BCUT2D eigenvalue weighted by atomic mass is 9.58. The predicted octanol–water partition coefficient (Wildman–Crippen LogP) is 1.79. The van der Waals surface area contributed by atoms with Crippen LogP contribution in [0.1, 0.15) is 22.3 Å². The molecule has 0 aromatic heterocycles. The van der Waals surface area contributed by atoms with E-state index in [1.807, 2.05) is 30.3 Å². The number of benzene rings is 2. The summed E-state index contributed by atoms with van der Waals surface area (Å²) in [7, 11) is 3.19. The van der Waals surface area contributed by atoms with Crippen LogP contribution in [-0.2, 0) is 16.0 Å². The fourth-order valence-electron chi connectivity index (χ4n) is 6.14. The van der Waals surface area contributed by atoms with Crippen molar-refractivity contribution in [3.63, 3.8) is 0 Å². The Morgan fingerprint density at radius 1 is 1.06 bits per heavy atom. The van der Waals surface area contributed by atoms with Gasteiger partial charge in [0.1, 0.15) is 22.8 Å². The number of rotatable bonds is 3. The van der Waals surface area contributed by atoms with Crippen molar-refractivity contribution in [2.45, 2.75) is 24.5 Å². The molecule has 0 saturated heterocycles. The summed E-state index contributed by atoms with van der Waals surface area (Å²) in [5, 5.41) is 44.4. The summed E-state index contributed by atoms with van der Waals surface area (Å²) in [5.74, 6) is -6.60. The maximum atomic E-state index is 13.7. The van der Waals surface area contributed by atoms with Crippen LogP contribution in [0, 0.1) is 11.8 Å². The van der Waals surface area contributed by atoms with Crippen molar-refractivity contribution in [2.75, 3.05) is 14.1 Å². The fourth-order valence-corrected chi connectivity index (χ4v) is 6.14. The van der Waals surface area contributed by atoms with Crippen LogP contribution in [0.25, 0.3) is 11.1 Å². The molecule has 0 aliphatic heterocycles. The summed E-state index contributed by atoms with van der Waals surface area (Å²) >= 11 is 0. The number of aliphatic hydroxyl groups excluding tert-OH is 2. The van der Waals surface area contributed by atoms with Gasteiger partial charge in [-0.2, -0.15) is 0 Å². The summed E-state index contributed by atoms with van der Waals surface area (Å²) in [6, 6.07) is 11.5. The van der Waals surface area contributed by atoms with Crippen LogP contribution in [0.4, 0.5) is 0 Å². The maximum absolute atomic E-state index is 13.7. The quantitative estimate of drug-likeness (QED) is 0.407. The molecule has 0 unspecified atom stereocenters. The van der Waals surface area contributed by atoms with E-state index in [1.54, 1.807) is 20.2 Å². The lowest BCUT2D eigenvalue weighted by Gasteiger charge is -2.50. The number of hydrogen-bond acceptors (Lipinski definition) is 8. The lowest BCUT2D eigenvalue weighted by molar-refractivity contribution is -0.148. The Morgan fingerprint density at radius 2 is 1.72 bits per heavy atom. The number of nitrogens with zero attached hydrogens (tertiary/aromatic N) is 1. The fraction of sp³-hybridized carbons (Fsp3) is 0.296. The molecule has 2 aromatic carbocycles. The van der Waals surface area contributed by atoms with E-state index in [2.05, 4.69) is 0 Å². The Hall–Kier alpha value is -3.95. The molecule has 2 aromatic rings. The summed E-state index contributed by atoms with van der Waals surface area (Å²) in [6.07, 6.45) is 0.294.